The molecular formula is C15H26N2. The highest BCUT2D eigenvalue weighted by Gasteiger charge is 2.30. The Kier molecular flexibility index (Phi) is 3.82. The van der Waals surface area contributed by atoms with E-state index in [1.165, 1.54) is 77.7 Å². The number of nitrogens with zero attached hydrogens (tertiary/aromatic N) is 2. The molecule has 0 aromatic carbocycles. The van der Waals surface area contributed by atoms with Crippen LogP contribution in [-0.4, -0.2) is 48.6 Å². The number of allylic oxidation sites excluding steroid dienone is 1. The minimum Gasteiger partial charge on any atom is -0.300 e. The van der Waals surface area contributed by atoms with Crippen LogP contribution in [0.5, 0.6) is 0 Å². The van der Waals surface area contributed by atoms with Gasteiger partial charge in [0.25, 0.3) is 0 Å². The SMILES string of the molecule is C1=C(CCN2CCN3CCCC3C2)CCCC1. The molecule has 1 atom stereocenters. The summed E-state index contributed by atoms with van der Waals surface area (Å²) in [6.45, 7) is 6.65. The Morgan fingerprint density at radius 2 is 2.12 bits per heavy atom. The summed E-state index contributed by atoms with van der Waals surface area (Å²) in [6.07, 6.45) is 12.3. The lowest BCUT2D eigenvalue weighted by Crippen LogP contribution is -2.50. The van der Waals surface area contributed by atoms with Crippen molar-refractivity contribution in [2.75, 3.05) is 32.7 Å². The van der Waals surface area contributed by atoms with E-state index in [0.717, 1.165) is 6.04 Å². The van der Waals surface area contributed by atoms with E-state index in [9.17, 15) is 0 Å². The second kappa shape index (κ2) is 5.53. The molecule has 2 heteroatoms. The van der Waals surface area contributed by atoms with E-state index >= 15 is 0 Å². The maximum absolute atomic E-state index is 2.71. The van der Waals surface area contributed by atoms with E-state index in [0.29, 0.717) is 0 Å². The molecule has 0 N–H and O–H groups in total. The molecule has 1 unspecified atom stereocenters. The highest BCUT2D eigenvalue weighted by molar-refractivity contribution is 5.05. The summed E-state index contributed by atoms with van der Waals surface area (Å²) < 4.78 is 0. The van der Waals surface area contributed by atoms with Crippen LogP contribution in [0.2, 0.25) is 0 Å². The van der Waals surface area contributed by atoms with E-state index in [1.54, 1.807) is 5.57 Å². The van der Waals surface area contributed by atoms with Crippen LogP contribution in [0.1, 0.15) is 44.9 Å². The topological polar surface area (TPSA) is 6.48 Å². The molecule has 0 aromatic rings. The van der Waals surface area contributed by atoms with Gasteiger partial charge in [0.15, 0.2) is 0 Å². The largest absolute Gasteiger partial charge is 0.300 e. The summed E-state index contributed by atoms with van der Waals surface area (Å²) in [5, 5.41) is 0. The van der Waals surface area contributed by atoms with Crippen LogP contribution in [0.25, 0.3) is 0 Å². The van der Waals surface area contributed by atoms with Gasteiger partial charge < -0.3 is 4.90 Å². The van der Waals surface area contributed by atoms with Crippen molar-refractivity contribution in [2.24, 2.45) is 0 Å². The number of rotatable bonds is 3. The average Bonchev–Trinajstić information content (AvgIpc) is 2.85. The molecule has 0 bridgehead atoms. The van der Waals surface area contributed by atoms with Gasteiger partial charge in [0.2, 0.25) is 0 Å². The van der Waals surface area contributed by atoms with Gasteiger partial charge in [0.05, 0.1) is 0 Å². The van der Waals surface area contributed by atoms with Gasteiger partial charge in [-0.25, -0.2) is 0 Å². The fourth-order valence-electron chi connectivity index (χ4n) is 3.69. The first-order chi connectivity index (χ1) is 8.42. The number of hydrogen-bond acceptors (Lipinski definition) is 2. The van der Waals surface area contributed by atoms with Gasteiger partial charge >= 0.3 is 0 Å². The second-order valence-electron chi connectivity index (χ2n) is 5.99. The van der Waals surface area contributed by atoms with Gasteiger partial charge in [0.1, 0.15) is 0 Å². The highest BCUT2D eigenvalue weighted by atomic mass is 15.3. The van der Waals surface area contributed by atoms with Crippen molar-refractivity contribution in [3.8, 4) is 0 Å². The average molecular weight is 234 g/mol. The third-order valence-electron chi connectivity index (χ3n) is 4.81. The second-order valence-corrected chi connectivity index (χ2v) is 5.99. The van der Waals surface area contributed by atoms with Crippen molar-refractivity contribution in [1.29, 1.82) is 0 Å². The first kappa shape index (κ1) is 11.7. The third-order valence-corrected chi connectivity index (χ3v) is 4.81. The normalized spacial score (nSPS) is 31.3. The fraction of sp³-hybridized carbons (Fsp3) is 0.867. The zero-order chi connectivity index (χ0) is 11.5. The minimum atomic E-state index is 0.893. The molecule has 2 heterocycles. The zero-order valence-corrected chi connectivity index (χ0v) is 11.0. The van der Waals surface area contributed by atoms with Crippen LogP contribution in [-0.2, 0) is 0 Å². The molecule has 96 valence electrons. The molecule has 0 spiro atoms. The van der Waals surface area contributed by atoms with Crippen LogP contribution < -0.4 is 0 Å². The summed E-state index contributed by atoms with van der Waals surface area (Å²) >= 11 is 0. The molecule has 1 aliphatic carbocycles. The Morgan fingerprint density at radius 3 is 3.00 bits per heavy atom. The summed E-state index contributed by atoms with van der Waals surface area (Å²) in [6, 6.07) is 0.893. The van der Waals surface area contributed by atoms with Crippen molar-refractivity contribution in [1.82, 2.24) is 9.80 Å². The molecule has 0 aromatic heterocycles. The van der Waals surface area contributed by atoms with E-state index < -0.39 is 0 Å². The van der Waals surface area contributed by atoms with Crippen LogP contribution in [0.15, 0.2) is 11.6 Å². The molecule has 2 aliphatic heterocycles. The van der Waals surface area contributed by atoms with Crippen molar-refractivity contribution < 1.29 is 0 Å². The molecule has 2 saturated heterocycles. The van der Waals surface area contributed by atoms with Gasteiger partial charge in [-0.3, -0.25) is 4.90 Å². The van der Waals surface area contributed by atoms with Gasteiger partial charge in [0, 0.05) is 32.2 Å². The monoisotopic (exact) mass is 234 g/mol. The molecule has 0 saturated carbocycles. The van der Waals surface area contributed by atoms with Crippen molar-refractivity contribution in [3.05, 3.63) is 11.6 Å². The Morgan fingerprint density at radius 1 is 1.12 bits per heavy atom. The molecule has 3 aliphatic rings. The van der Waals surface area contributed by atoms with Crippen LogP contribution in [0.4, 0.5) is 0 Å². The maximum Gasteiger partial charge on any atom is 0.0224 e. The molecule has 3 rings (SSSR count). The molecule has 0 radical (unpaired) electrons. The summed E-state index contributed by atoms with van der Waals surface area (Å²) in [7, 11) is 0. The van der Waals surface area contributed by atoms with E-state index in [-0.39, 0.29) is 0 Å². The van der Waals surface area contributed by atoms with Gasteiger partial charge in [-0.1, -0.05) is 11.6 Å². The van der Waals surface area contributed by atoms with Crippen LogP contribution >= 0.6 is 0 Å². The van der Waals surface area contributed by atoms with E-state index in [4.69, 9.17) is 0 Å². The fourth-order valence-corrected chi connectivity index (χ4v) is 3.69. The lowest BCUT2D eigenvalue weighted by atomic mass is 9.97. The first-order valence-corrected chi connectivity index (χ1v) is 7.56. The van der Waals surface area contributed by atoms with Crippen molar-refractivity contribution >= 4 is 0 Å². The summed E-state index contributed by atoms with van der Waals surface area (Å²) in [5.41, 5.74) is 1.74. The smallest absolute Gasteiger partial charge is 0.0224 e. The Hall–Kier alpha value is -0.340. The molecule has 2 nitrogen and oxygen atoms in total. The van der Waals surface area contributed by atoms with Gasteiger partial charge in [-0.15, -0.1) is 0 Å². The van der Waals surface area contributed by atoms with Gasteiger partial charge in [-0.05, 0) is 51.5 Å². The Bertz CT molecular complexity index is 285. The van der Waals surface area contributed by atoms with Crippen molar-refractivity contribution in [3.63, 3.8) is 0 Å². The predicted octanol–water partition coefficient (Wildman–Crippen LogP) is 2.66. The lowest BCUT2D eigenvalue weighted by Gasteiger charge is -2.37. The Labute approximate surface area is 106 Å². The quantitative estimate of drug-likeness (QED) is 0.693. The van der Waals surface area contributed by atoms with Crippen molar-refractivity contribution in [2.45, 2.75) is 51.0 Å². The molecule has 0 amide bonds. The molecule has 2 fully saturated rings. The number of hydrogen-bond donors (Lipinski definition) is 0. The zero-order valence-electron chi connectivity index (χ0n) is 11.0. The maximum atomic E-state index is 2.71. The van der Waals surface area contributed by atoms with Crippen LogP contribution in [0, 0.1) is 0 Å². The number of piperazine rings is 1. The molecule has 17 heavy (non-hydrogen) atoms. The highest BCUT2D eigenvalue weighted by Crippen LogP contribution is 2.23. The van der Waals surface area contributed by atoms with E-state index in [2.05, 4.69) is 15.9 Å². The van der Waals surface area contributed by atoms with Crippen LogP contribution in [0.3, 0.4) is 0 Å². The van der Waals surface area contributed by atoms with Gasteiger partial charge in [-0.2, -0.15) is 0 Å². The first-order valence-electron chi connectivity index (χ1n) is 7.56. The number of fused-ring (bicyclic) bond motifs is 1. The summed E-state index contributed by atoms with van der Waals surface area (Å²) in [5.74, 6) is 0. The predicted molar refractivity (Wildman–Crippen MR) is 72.2 cm³/mol. The molecular weight excluding hydrogens is 208 g/mol. The van der Waals surface area contributed by atoms with E-state index in [1.807, 2.05) is 0 Å². The third kappa shape index (κ3) is 2.92. The standard InChI is InChI=1S/C15H26N2/c1-2-5-14(6-3-1)8-10-16-11-12-17-9-4-7-15(17)13-16/h5,15H,1-4,6-13H2. The summed E-state index contributed by atoms with van der Waals surface area (Å²) in [4.78, 5) is 5.41. The minimum absolute atomic E-state index is 0.893. The lowest BCUT2D eigenvalue weighted by molar-refractivity contribution is 0.105. The Balaban J connectivity index is 1.44.